The minimum Gasteiger partial charge on any atom is -0.508 e. The van der Waals surface area contributed by atoms with Gasteiger partial charge in [0.2, 0.25) is 5.78 Å². The highest BCUT2D eigenvalue weighted by Crippen LogP contribution is 2.57. The number of nitrogens with zero attached hydrogens (tertiary/aromatic N) is 1. The number of benzene rings is 1. The van der Waals surface area contributed by atoms with Gasteiger partial charge in [0.1, 0.15) is 22.8 Å². The molecule has 5 atom stereocenters. The topological polar surface area (TPSA) is 156 Å². The molecule has 4 rings (SSSR count). The Morgan fingerprint density at radius 1 is 1.02 bits per heavy atom. The summed E-state index contributed by atoms with van der Waals surface area (Å²) in [4.78, 5) is 41.6. The summed E-state index contributed by atoms with van der Waals surface area (Å²) in [6.07, 6.45) is 0.171. The van der Waals surface area contributed by atoms with E-state index in [-0.39, 0.29) is 11.3 Å². The lowest BCUT2D eigenvalue weighted by Gasteiger charge is -2.53. The largest absolute Gasteiger partial charge is 0.508 e. The van der Waals surface area contributed by atoms with Crippen molar-refractivity contribution in [3.8, 4) is 5.75 Å². The monoisotopic (exact) mass is 553 g/mol. The van der Waals surface area contributed by atoms with E-state index in [1.54, 1.807) is 12.1 Å². The van der Waals surface area contributed by atoms with Gasteiger partial charge in [0.25, 0.3) is 0 Å². The predicted octanol–water partition coefficient (Wildman–Crippen LogP) is 3.22. The minimum absolute atomic E-state index is 0.0249. The summed E-state index contributed by atoms with van der Waals surface area (Å²) in [5.74, 6) is -7.62. The molecule has 1 aromatic rings. The number of Topliss-reactive ketones (excluding diaryl/α,β-unsaturated/α-hetero) is 3. The summed E-state index contributed by atoms with van der Waals surface area (Å²) in [6.45, 7) is 12.4. The molecule has 3 aliphatic rings. The van der Waals surface area contributed by atoms with Gasteiger partial charge in [0.15, 0.2) is 17.2 Å². The molecule has 40 heavy (non-hydrogen) atoms. The molecule has 0 radical (unpaired) electrons. The molecule has 5 N–H and O–H groups in total. The zero-order valence-electron chi connectivity index (χ0n) is 24.4. The first kappa shape index (κ1) is 29.7. The third kappa shape index (κ3) is 4.05. The van der Waals surface area contributed by atoms with Gasteiger partial charge >= 0.3 is 0 Å². The molecule has 1 aromatic carbocycles. The lowest BCUT2D eigenvalue weighted by molar-refractivity contribution is -0.166. The number of carbonyl (C=O) groups is 3. The molecule has 0 saturated heterocycles. The zero-order chi connectivity index (χ0) is 30.4. The highest BCUT2D eigenvalue weighted by molar-refractivity contribution is 6.25. The van der Waals surface area contributed by atoms with Gasteiger partial charge in [-0.15, -0.1) is 0 Å². The van der Waals surface area contributed by atoms with E-state index in [2.05, 4.69) is 0 Å². The number of hydrogen-bond acceptors (Lipinski definition) is 9. The van der Waals surface area contributed by atoms with Gasteiger partial charge in [0, 0.05) is 11.5 Å². The van der Waals surface area contributed by atoms with Crippen LogP contribution in [0.25, 0.3) is 11.3 Å². The van der Waals surface area contributed by atoms with Crippen LogP contribution >= 0.6 is 0 Å². The molecule has 0 unspecified atom stereocenters. The maximum atomic E-state index is 14.3. The maximum Gasteiger partial charge on any atom is 0.203 e. The number of phenols is 1. The number of likely N-dealkylation sites (N-methyl/N-ethyl adjacent to an activating group) is 1. The van der Waals surface area contributed by atoms with Crippen molar-refractivity contribution in [1.82, 2.24) is 4.90 Å². The van der Waals surface area contributed by atoms with E-state index < -0.39 is 80.4 Å². The second kappa shape index (κ2) is 9.12. The molecular weight excluding hydrogens is 514 g/mol. The third-order valence-corrected chi connectivity index (χ3v) is 8.17. The van der Waals surface area contributed by atoms with Crippen LogP contribution in [0.1, 0.15) is 65.2 Å². The third-order valence-electron chi connectivity index (χ3n) is 8.17. The van der Waals surface area contributed by atoms with Crippen molar-refractivity contribution >= 4 is 28.7 Å². The Labute approximate surface area is 234 Å². The first-order chi connectivity index (χ1) is 18.2. The molecule has 9 heteroatoms. The van der Waals surface area contributed by atoms with Crippen LogP contribution < -0.4 is 0 Å². The Morgan fingerprint density at radius 2 is 1.60 bits per heavy atom. The summed E-state index contributed by atoms with van der Waals surface area (Å²) >= 11 is 0. The SMILES string of the molecule is CC(=O)C1=C(O)[C@@]2(O)C(=O)C3=C(O)c4c(ccc(C(C)(C)C)c4O)/C(=C\C(C)(C)C)[C@H]3[C@H](O)[C@H]2[C@H](N(C)C)C1=O. The molecular formula is C31H39NO8. The van der Waals surface area contributed by atoms with Gasteiger partial charge in [-0.3, -0.25) is 19.3 Å². The van der Waals surface area contributed by atoms with Gasteiger partial charge in [-0.25, -0.2) is 0 Å². The van der Waals surface area contributed by atoms with Gasteiger partial charge in [0.05, 0.1) is 29.2 Å². The van der Waals surface area contributed by atoms with E-state index in [9.17, 15) is 39.9 Å². The molecule has 0 aliphatic heterocycles. The first-order valence-electron chi connectivity index (χ1n) is 13.3. The molecule has 0 spiro atoms. The molecule has 1 saturated carbocycles. The standard InChI is InChI=1S/C31H39NO8/c1-13(33)17-26(37)22(32(8)9)21-25(36)18-15(12-29(2,3)4)14-10-11-16(30(5,6)7)23(34)19(14)24(35)20(18)28(39)31(21,40)27(17)38/h10-12,18,21-22,25,34-36,38,40H,1-9H3/b15-12+/t18-,21-,22+,25+,31-/m1/s1. The highest BCUT2D eigenvalue weighted by atomic mass is 16.4. The minimum atomic E-state index is -2.88. The number of allylic oxidation sites excluding steroid dienone is 1. The van der Waals surface area contributed by atoms with Crippen LogP contribution in [0.5, 0.6) is 5.75 Å². The second-order valence-electron chi connectivity index (χ2n) is 13.5. The Balaban J connectivity index is 2.16. The molecule has 0 amide bonds. The van der Waals surface area contributed by atoms with Gasteiger partial charge < -0.3 is 25.5 Å². The number of aliphatic hydroxyl groups excluding tert-OH is 3. The molecule has 1 fully saturated rings. The average Bonchev–Trinajstić information content (AvgIpc) is 2.78. The number of ketones is 3. The predicted molar refractivity (Wildman–Crippen MR) is 150 cm³/mol. The Kier molecular flexibility index (Phi) is 6.78. The van der Waals surface area contributed by atoms with Crippen molar-refractivity contribution in [1.29, 1.82) is 0 Å². The average molecular weight is 554 g/mol. The lowest BCUT2D eigenvalue weighted by atomic mass is 9.54. The van der Waals surface area contributed by atoms with Crippen molar-refractivity contribution in [2.24, 2.45) is 17.3 Å². The van der Waals surface area contributed by atoms with E-state index in [4.69, 9.17) is 0 Å². The second-order valence-corrected chi connectivity index (χ2v) is 13.5. The van der Waals surface area contributed by atoms with Crippen molar-refractivity contribution in [3.05, 3.63) is 51.8 Å². The van der Waals surface area contributed by atoms with E-state index >= 15 is 0 Å². The number of fused-ring (bicyclic) bond motifs is 3. The molecule has 0 aromatic heterocycles. The number of phenolic OH excluding ortho intramolecular Hbond substituents is 1. The summed E-state index contributed by atoms with van der Waals surface area (Å²) in [6, 6.07) is 2.12. The number of rotatable bonds is 2. The van der Waals surface area contributed by atoms with Crippen molar-refractivity contribution in [2.45, 2.75) is 71.6 Å². The van der Waals surface area contributed by atoms with Gasteiger partial charge in [-0.1, -0.05) is 59.8 Å². The zero-order valence-corrected chi connectivity index (χ0v) is 24.4. The van der Waals surface area contributed by atoms with Gasteiger partial charge in [-0.05, 0) is 43.0 Å². The first-order valence-corrected chi connectivity index (χ1v) is 13.3. The number of hydrogen-bond donors (Lipinski definition) is 5. The van der Waals surface area contributed by atoms with Crippen LogP contribution in [0.3, 0.4) is 0 Å². The fourth-order valence-corrected chi connectivity index (χ4v) is 6.53. The van der Waals surface area contributed by atoms with Crippen molar-refractivity contribution in [2.75, 3.05) is 14.1 Å². The smallest absolute Gasteiger partial charge is 0.203 e. The van der Waals surface area contributed by atoms with Crippen LogP contribution in [0.4, 0.5) is 0 Å². The lowest BCUT2D eigenvalue weighted by Crippen LogP contribution is -2.70. The quantitative estimate of drug-likeness (QED) is 0.347. The number of aromatic hydroxyl groups is 1. The van der Waals surface area contributed by atoms with Crippen molar-refractivity contribution < 1.29 is 39.9 Å². The number of carbonyl (C=O) groups excluding carboxylic acids is 3. The normalized spacial score (nSPS) is 30.1. The van der Waals surface area contributed by atoms with Crippen LogP contribution in [0.2, 0.25) is 0 Å². The van der Waals surface area contributed by atoms with E-state index in [0.29, 0.717) is 16.7 Å². The fraction of sp³-hybridized carbons (Fsp3) is 0.516. The Morgan fingerprint density at radius 3 is 2.08 bits per heavy atom. The van der Waals surface area contributed by atoms with Crippen LogP contribution in [-0.4, -0.2) is 79.6 Å². The summed E-state index contributed by atoms with van der Waals surface area (Å²) in [5.41, 5.74) is -3.73. The highest BCUT2D eigenvalue weighted by Gasteiger charge is 2.68. The van der Waals surface area contributed by atoms with Crippen molar-refractivity contribution in [3.63, 3.8) is 0 Å². The van der Waals surface area contributed by atoms with E-state index in [0.717, 1.165) is 6.92 Å². The van der Waals surface area contributed by atoms with Crippen LogP contribution in [0, 0.1) is 17.3 Å². The summed E-state index contributed by atoms with van der Waals surface area (Å²) < 4.78 is 0. The summed E-state index contributed by atoms with van der Waals surface area (Å²) in [5, 5.41) is 58.1. The van der Waals surface area contributed by atoms with Gasteiger partial charge in [-0.2, -0.15) is 0 Å². The van der Waals surface area contributed by atoms with Crippen LogP contribution in [-0.2, 0) is 19.8 Å². The van der Waals surface area contributed by atoms with E-state index in [1.807, 2.05) is 47.6 Å². The molecule has 3 aliphatic carbocycles. The fourth-order valence-electron chi connectivity index (χ4n) is 6.53. The summed E-state index contributed by atoms with van der Waals surface area (Å²) in [7, 11) is 3.02. The molecule has 0 bridgehead atoms. The maximum absolute atomic E-state index is 14.3. The van der Waals surface area contributed by atoms with Crippen LogP contribution in [0.15, 0.2) is 35.1 Å². The molecule has 216 valence electrons. The molecule has 9 nitrogen and oxygen atoms in total. The Hall–Kier alpha value is -3.27. The Bertz CT molecular complexity index is 1430. The number of aliphatic hydroxyl groups is 4. The molecule has 0 heterocycles. The van der Waals surface area contributed by atoms with E-state index in [1.165, 1.54) is 19.0 Å².